The number of thiocarbonyl (C=S) groups is 1. The van der Waals surface area contributed by atoms with E-state index >= 15 is 0 Å². The van der Waals surface area contributed by atoms with E-state index in [0.29, 0.717) is 18.8 Å². The predicted molar refractivity (Wildman–Crippen MR) is 133 cm³/mol. The number of hydrogen-bond acceptors (Lipinski definition) is 4. The van der Waals surface area contributed by atoms with E-state index < -0.39 is 0 Å². The van der Waals surface area contributed by atoms with Crippen molar-refractivity contribution in [2.75, 3.05) is 18.5 Å². The summed E-state index contributed by atoms with van der Waals surface area (Å²) < 4.78 is 11.4. The highest BCUT2D eigenvalue weighted by Gasteiger charge is 2.08. The second-order valence-electron chi connectivity index (χ2n) is 7.24. The standard InChI is InChI=1S/C26H28N2O3S/c1-2-3-18-30-24-15-11-22(12-16-24)27-26(32)28-25(29)21-9-13-23(14-10-21)31-19-17-20-7-5-4-6-8-20/h4-16H,2-3,17-19H2,1H3,(H2,27,28,29,32). The third-order valence-corrected chi connectivity index (χ3v) is 4.93. The highest BCUT2D eigenvalue weighted by molar-refractivity contribution is 7.80. The minimum absolute atomic E-state index is 0.234. The van der Waals surface area contributed by atoms with Crippen LogP contribution < -0.4 is 20.1 Å². The Morgan fingerprint density at radius 2 is 1.47 bits per heavy atom. The van der Waals surface area contributed by atoms with Crippen LogP contribution in [0, 0.1) is 0 Å². The highest BCUT2D eigenvalue weighted by atomic mass is 32.1. The molecule has 32 heavy (non-hydrogen) atoms. The summed E-state index contributed by atoms with van der Waals surface area (Å²) in [5.41, 5.74) is 2.51. The number of benzene rings is 3. The van der Waals surface area contributed by atoms with E-state index in [2.05, 4.69) is 29.7 Å². The minimum Gasteiger partial charge on any atom is -0.494 e. The van der Waals surface area contributed by atoms with Crippen molar-refractivity contribution in [1.29, 1.82) is 0 Å². The summed E-state index contributed by atoms with van der Waals surface area (Å²) in [7, 11) is 0. The molecule has 0 unspecified atom stereocenters. The molecule has 2 N–H and O–H groups in total. The summed E-state index contributed by atoms with van der Waals surface area (Å²) >= 11 is 5.26. The molecule has 3 rings (SSSR count). The van der Waals surface area contributed by atoms with E-state index in [-0.39, 0.29) is 11.0 Å². The molecule has 1 amide bonds. The van der Waals surface area contributed by atoms with Crippen molar-refractivity contribution in [3.63, 3.8) is 0 Å². The lowest BCUT2D eigenvalue weighted by Gasteiger charge is -2.11. The molecule has 166 valence electrons. The van der Waals surface area contributed by atoms with Crippen LogP contribution in [0.4, 0.5) is 5.69 Å². The van der Waals surface area contributed by atoms with Gasteiger partial charge in [-0.2, -0.15) is 0 Å². The van der Waals surface area contributed by atoms with E-state index in [0.717, 1.165) is 36.4 Å². The molecule has 5 nitrogen and oxygen atoms in total. The molecule has 0 saturated heterocycles. The molecule has 0 aliphatic rings. The van der Waals surface area contributed by atoms with Crippen LogP contribution in [0.5, 0.6) is 11.5 Å². The SMILES string of the molecule is CCCCOc1ccc(NC(=S)NC(=O)c2ccc(OCCc3ccccc3)cc2)cc1. The molecule has 0 aromatic heterocycles. The van der Waals surface area contributed by atoms with Crippen LogP contribution in [0.15, 0.2) is 78.9 Å². The van der Waals surface area contributed by atoms with Gasteiger partial charge in [-0.25, -0.2) is 0 Å². The first-order valence-corrected chi connectivity index (χ1v) is 11.2. The quantitative estimate of drug-likeness (QED) is 0.312. The van der Waals surface area contributed by atoms with Gasteiger partial charge < -0.3 is 14.8 Å². The van der Waals surface area contributed by atoms with Crippen molar-refractivity contribution in [1.82, 2.24) is 5.32 Å². The van der Waals surface area contributed by atoms with Crippen LogP contribution in [0.3, 0.4) is 0 Å². The maximum Gasteiger partial charge on any atom is 0.257 e. The normalized spacial score (nSPS) is 10.3. The molecule has 0 aliphatic heterocycles. The van der Waals surface area contributed by atoms with Gasteiger partial charge in [-0.05, 0) is 72.7 Å². The van der Waals surface area contributed by atoms with Gasteiger partial charge in [0.25, 0.3) is 5.91 Å². The highest BCUT2D eigenvalue weighted by Crippen LogP contribution is 2.16. The maximum atomic E-state index is 12.5. The Hall–Kier alpha value is -3.38. The molecular weight excluding hydrogens is 420 g/mol. The summed E-state index contributed by atoms with van der Waals surface area (Å²) in [5, 5.41) is 5.94. The summed E-state index contributed by atoms with van der Waals surface area (Å²) in [4.78, 5) is 12.5. The zero-order chi connectivity index (χ0) is 22.6. The summed E-state index contributed by atoms with van der Waals surface area (Å²) in [6.07, 6.45) is 2.95. The monoisotopic (exact) mass is 448 g/mol. The maximum absolute atomic E-state index is 12.5. The molecule has 3 aromatic rings. The fraction of sp³-hybridized carbons (Fsp3) is 0.231. The molecule has 6 heteroatoms. The number of ether oxygens (including phenoxy) is 2. The van der Waals surface area contributed by atoms with Gasteiger partial charge >= 0.3 is 0 Å². The largest absolute Gasteiger partial charge is 0.494 e. The van der Waals surface area contributed by atoms with Crippen LogP contribution in [-0.2, 0) is 6.42 Å². The third-order valence-electron chi connectivity index (χ3n) is 4.72. The fourth-order valence-electron chi connectivity index (χ4n) is 2.94. The molecule has 0 saturated carbocycles. The van der Waals surface area contributed by atoms with Crippen molar-refractivity contribution in [3.8, 4) is 11.5 Å². The Morgan fingerprint density at radius 1 is 0.844 bits per heavy atom. The topological polar surface area (TPSA) is 59.6 Å². The van der Waals surface area contributed by atoms with Gasteiger partial charge in [-0.3, -0.25) is 10.1 Å². The van der Waals surface area contributed by atoms with E-state index in [1.165, 1.54) is 5.56 Å². The van der Waals surface area contributed by atoms with Crippen LogP contribution >= 0.6 is 12.2 Å². The summed E-state index contributed by atoms with van der Waals surface area (Å²) in [5.74, 6) is 1.25. The van der Waals surface area contributed by atoms with Crippen molar-refractivity contribution >= 4 is 28.9 Å². The Labute approximate surface area is 194 Å². The van der Waals surface area contributed by atoms with Crippen molar-refractivity contribution in [2.45, 2.75) is 26.2 Å². The molecule has 0 spiro atoms. The van der Waals surface area contributed by atoms with Crippen molar-refractivity contribution in [3.05, 3.63) is 90.0 Å². The van der Waals surface area contributed by atoms with Gasteiger partial charge in [0.2, 0.25) is 0 Å². The minimum atomic E-state index is -0.280. The van der Waals surface area contributed by atoms with Crippen LogP contribution in [0.2, 0.25) is 0 Å². The Morgan fingerprint density at radius 3 is 2.12 bits per heavy atom. The average Bonchev–Trinajstić information content (AvgIpc) is 2.81. The number of unbranched alkanes of at least 4 members (excludes halogenated alkanes) is 1. The van der Waals surface area contributed by atoms with Crippen LogP contribution in [-0.4, -0.2) is 24.2 Å². The number of amides is 1. The lowest BCUT2D eigenvalue weighted by atomic mass is 10.2. The molecule has 0 fully saturated rings. The number of carbonyl (C=O) groups excluding carboxylic acids is 1. The molecular formula is C26H28N2O3S. The lowest BCUT2D eigenvalue weighted by Crippen LogP contribution is -2.34. The van der Waals surface area contributed by atoms with E-state index in [1.54, 1.807) is 24.3 Å². The smallest absolute Gasteiger partial charge is 0.257 e. The zero-order valence-corrected chi connectivity index (χ0v) is 19.0. The number of nitrogens with one attached hydrogen (secondary N) is 2. The molecule has 0 aliphatic carbocycles. The number of anilines is 1. The first kappa shape index (κ1) is 23.3. The van der Waals surface area contributed by atoms with Crippen LogP contribution in [0.1, 0.15) is 35.7 Å². The zero-order valence-electron chi connectivity index (χ0n) is 18.2. The number of hydrogen-bond donors (Lipinski definition) is 2. The lowest BCUT2D eigenvalue weighted by molar-refractivity contribution is 0.0977. The molecule has 0 radical (unpaired) electrons. The van der Waals surface area contributed by atoms with E-state index in [4.69, 9.17) is 21.7 Å². The van der Waals surface area contributed by atoms with Crippen LogP contribution in [0.25, 0.3) is 0 Å². The predicted octanol–water partition coefficient (Wildman–Crippen LogP) is 5.61. The first-order valence-electron chi connectivity index (χ1n) is 10.8. The summed E-state index contributed by atoms with van der Waals surface area (Å²) in [6, 6.07) is 24.7. The van der Waals surface area contributed by atoms with E-state index in [9.17, 15) is 4.79 Å². The Balaban J connectivity index is 1.43. The molecule has 0 bridgehead atoms. The van der Waals surface area contributed by atoms with Gasteiger partial charge in [-0.15, -0.1) is 0 Å². The van der Waals surface area contributed by atoms with Gasteiger partial charge in [-0.1, -0.05) is 43.7 Å². The molecule has 0 atom stereocenters. The second-order valence-corrected chi connectivity index (χ2v) is 7.65. The van der Waals surface area contributed by atoms with E-state index in [1.807, 2.05) is 42.5 Å². The van der Waals surface area contributed by atoms with Gasteiger partial charge in [0.1, 0.15) is 11.5 Å². The van der Waals surface area contributed by atoms with Gasteiger partial charge in [0.05, 0.1) is 13.2 Å². The third kappa shape index (κ3) is 7.71. The Bertz CT molecular complexity index is 990. The van der Waals surface area contributed by atoms with Gasteiger partial charge in [0, 0.05) is 17.7 Å². The molecule has 0 heterocycles. The number of carbonyl (C=O) groups is 1. The molecule has 3 aromatic carbocycles. The average molecular weight is 449 g/mol. The van der Waals surface area contributed by atoms with Crippen molar-refractivity contribution in [2.24, 2.45) is 0 Å². The first-order chi connectivity index (χ1) is 15.6. The van der Waals surface area contributed by atoms with Gasteiger partial charge in [0.15, 0.2) is 5.11 Å². The fourth-order valence-corrected chi connectivity index (χ4v) is 3.15. The Kier molecular flexibility index (Phi) is 9.07. The van der Waals surface area contributed by atoms with Crippen molar-refractivity contribution < 1.29 is 14.3 Å². The second kappa shape index (κ2) is 12.5. The number of rotatable bonds is 10. The summed E-state index contributed by atoms with van der Waals surface area (Å²) in [6.45, 7) is 3.40.